The Labute approximate surface area is 197 Å². The summed E-state index contributed by atoms with van der Waals surface area (Å²) in [6, 6.07) is 0. The first kappa shape index (κ1) is 38.7. The van der Waals surface area contributed by atoms with Crippen LogP contribution in [0.4, 0.5) is 0 Å². The molecule has 0 heterocycles. The summed E-state index contributed by atoms with van der Waals surface area (Å²) in [5, 5.41) is 0. The van der Waals surface area contributed by atoms with E-state index >= 15 is 0 Å². The Bertz CT molecular complexity index is 371. The van der Waals surface area contributed by atoms with Crippen molar-refractivity contribution in [3.8, 4) is 0 Å². The van der Waals surface area contributed by atoms with Gasteiger partial charge in [0.25, 0.3) is 0 Å². The molecule has 0 rings (SSSR count). The van der Waals surface area contributed by atoms with Crippen molar-refractivity contribution in [1.29, 1.82) is 0 Å². The number of hydrogen-bond donors (Lipinski definition) is 0. The Morgan fingerprint density at radius 2 is 0.968 bits per heavy atom. The van der Waals surface area contributed by atoms with Crippen LogP contribution in [0, 0.1) is 23.7 Å². The molecule has 0 saturated heterocycles. The molecule has 0 aliphatic carbocycles. The van der Waals surface area contributed by atoms with Gasteiger partial charge in [0.1, 0.15) is 7.34 Å². The predicted octanol–water partition coefficient (Wildman–Crippen LogP) is 7.04. The molecule has 0 aromatic carbocycles. The van der Waals surface area contributed by atoms with Crippen LogP contribution in [-0.4, -0.2) is 75.5 Å². The average Bonchev–Trinajstić information content (AvgIpc) is 2.77. The summed E-state index contributed by atoms with van der Waals surface area (Å²) in [5.74, 6) is 2.79. The lowest BCUT2D eigenvalue weighted by atomic mass is 9.96. The first-order valence-electron chi connectivity index (χ1n) is 11.0. The van der Waals surface area contributed by atoms with Gasteiger partial charge in [-0.25, -0.2) is 0 Å². The first-order valence-corrected chi connectivity index (χ1v) is 14.3. The highest BCUT2D eigenvalue weighted by Gasteiger charge is 2.20. The maximum absolute atomic E-state index is 5.33. The van der Waals surface area contributed by atoms with E-state index in [9.17, 15) is 0 Å². The second-order valence-corrected chi connectivity index (χ2v) is 12.3. The summed E-state index contributed by atoms with van der Waals surface area (Å²) >= 11 is 0. The van der Waals surface area contributed by atoms with E-state index in [1.165, 1.54) is 12.8 Å². The fourth-order valence-corrected chi connectivity index (χ4v) is 5.25. The molecule has 0 aromatic heterocycles. The number of ether oxygens (including phenoxy) is 2. The van der Waals surface area contributed by atoms with Gasteiger partial charge in [-0.05, 0) is 23.7 Å². The van der Waals surface area contributed by atoms with Crippen molar-refractivity contribution in [2.45, 2.75) is 54.4 Å². The third-order valence-corrected chi connectivity index (χ3v) is 9.46. The molecule has 0 aliphatic heterocycles. The topological polar surface area (TPSA) is 55.4 Å². The first-order chi connectivity index (χ1) is 14.5. The Morgan fingerprint density at radius 3 is 1.23 bits per heavy atom. The van der Waals surface area contributed by atoms with E-state index in [1.54, 1.807) is 56.9 Å². The van der Waals surface area contributed by atoms with Gasteiger partial charge in [-0.2, -0.15) is 0 Å². The van der Waals surface area contributed by atoms with Crippen LogP contribution in [0.15, 0.2) is 0 Å². The Balaban J connectivity index is -0.000000187. The van der Waals surface area contributed by atoms with Crippen LogP contribution in [0.25, 0.3) is 0 Å². The van der Waals surface area contributed by atoms with Crippen molar-refractivity contribution in [2.75, 3.05) is 69.2 Å². The minimum atomic E-state index is -1.80. The molecule has 31 heavy (non-hydrogen) atoms. The smallest absolute Gasteiger partial charge is 0.170 e. The third-order valence-electron chi connectivity index (χ3n) is 5.31. The van der Waals surface area contributed by atoms with Crippen molar-refractivity contribution < 1.29 is 27.6 Å². The Kier molecular flexibility index (Phi) is 33.4. The van der Waals surface area contributed by atoms with E-state index in [4.69, 9.17) is 18.1 Å². The minimum absolute atomic E-state index is 0.621. The second-order valence-electron chi connectivity index (χ2n) is 7.78. The normalized spacial score (nSPS) is 14.7. The van der Waals surface area contributed by atoms with E-state index in [0.717, 1.165) is 18.2 Å². The van der Waals surface area contributed by atoms with E-state index in [-0.39, 0.29) is 0 Å². The van der Waals surface area contributed by atoms with Crippen molar-refractivity contribution in [1.82, 2.24) is 0 Å². The molecule has 0 amide bonds. The molecule has 0 fully saturated rings. The lowest BCUT2D eigenvalue weighted by Gasteiger charge is -2.26. The van der Waals surface area contributed by atoms with Crippen molar-refractivity contribution in [2.24, 2.45) is 23.7 Å². The van der Waals surface area contributed by atoms with E-state index in [1.807, 2.05) is 0 Å². The molecule has 194 valence electrons. The summed E-state index contributed by atoms with van der Waals surface area (Å²) < 4.78 is 29.6. The van der Waals surface area contributed by atoms with Gasteiger partial charge in [-0.15, -0.1) is 0 Å². The van der Waals surface area contributed by atoms with Crippen LogP contribution < -0.4 is 0 Å². The molecule has 0 aliphatic rings. The highest BCUT2D eigenvalue weighted by Crippen LogP contribution is 2.48. The summed E-state index contributed by atoms with van der Waals surface area (Å²) in [4.78, 5) is 0. The SMILES string of the molecule is C=P(CC(C)C(C)CC)(OC)OC.CCC(C)C(C)CP(OC)OC.COC.COC. The van der Waals surface area contributed by atoms with Gasteiger partial charge in [-0.3, -0.25) is 0 Å². The molecule has 4 atom stereocenters. The summed E-state index contributed by atoms with van der Waals surface area (Å²) in [5.41, 5.74) is 0. The minimum Gasteiger partial charge on any atom is -0.388 e. The molecule has 0 spiro atoms. The molecule has 0 radical (unpaired) electrons. The average molecular weight is 491 g/mol. The molecule has 6 nitrogen and oxygen atoms in total. The van der Waals surface area contributed by atoms with Crippen molar-refractivity contribution in [3.63, 3.8) is 0 Å². The second kappa shape index (κ2) is 26.7. The molecule has 0 aromatic rings. The van der Waals surface area contributed by atoms with Crippen molar-refractivity contribution in [3.05, 3.63) is 0 Å². The highest BCUT2D eigenvalue weighted by atomic mass is 31.2. The maximum atomic E-state index is 5.33. The molecule has 0 bridgehead atoms. The van der Waals surface area contributed by atoms with Gasteiger partial charge in [0, 0.05) is 69.2 Å². The van der Waals surface area contributed by atoms with Crippen LogP contribution in [-0.2, 0) is 27.6 Å². The Hall–Kier alpha value is 0.490. The summed E-state index contributed by atoms with van der Waals surface area (Å²) in [6.07, 6.45) is 8.47. The van der Waals surface area contributed by atoms with Crippen LogP contribution in [0.5, 0.6) is 0 Å². The monoisotopic (exact) mass is 490 g/mol. The fraction of sp³-hybridized carbons (Fsp3) is 0.957. The van der Waals surface area contributed by atoms with Crippen LogP contribution in [0.2, 0.25) is 0 Å². The van der Waals surface area contributed by atoms with E-state index in [0.29, 0.717) is 17.8 Å². The maximum Gasteiger partial charge on any atom is 0.170 e. The Morgan fingerprint density at radius 1 is 0.645 bits per heavy atom. The fourth-order valence-electron chi connectivity index (χ4n) is 2.29. The number of methoxy groups -OCH3 is 2. The lowest BCUT2D eigenvalue weighted by molar-refractivity contribution is 0.277. The van der Waals surface area contributed by atoms with Gasteiger partial charge in [0.2, 0.25) is 0 Å². The molecule has 4 unspecified atom stereocenters. The molecular formula is C23H56O6P2. The molecule has 0 N–H and O–H groups in total. The van der Waals surface area contributed by atoms with Gasteiger partial charge in [0.05, 0.1) is 0 Å². The lowest BCUT2D eigenvalue weighted by Crippen LogP contribution is -2.13. The molecule has 0 saturated carbocycles. The van der Waals surface area contributed by atoms with Gasteiger partial charge >= 0.3 is 0 Å². The zero-order valence-electron chi connectivity index (χ0n) is 23.2. The van der Waals surface area contributed by atoms with Gasteiger partial charge < -0.3 is 27.6 Å². The standard InChI is InChI=1S/C10H23O2P.C9H21O2P.2C2H6O/c1-7-9(2)10(3)8-13(6,11-4)12-5;1-6-8(2)9(3)7-12(10-4)11-5;2*1-3-2/h9-10H,6-8H2,1-5H3;8-9H,6-7H2,1-5H3;2*1-2H3. The molecule has 8 heteroatoms. The van der Waals surface area contributed by atoms with Crippen LogP contribution >= 0.6 is 15.7 Å². The zero-order chi connectivity index (χ0) is 25.5. The number of rotatable bonds is 12. The quantitative estimate of drug-likeness (QED) is 0.274. The number of hydrogen-bond acceptors (Lipinski definition) is 6. The van der Waals surface area contributed by atoms with Crippen molar-refractivity contribution >= 4 is 22.0 Å². The highest BCUT2D eigenvalue weighted by molar-refractivity contribution is 7.64. The summed E-state index contributed by atoms with van der Waals surface area (Å²) in [6.45, 7) is 13.5. The van der Waals surface area contributed by atoms with Crippen LogP contribution in [0.3, 0.4) is 0 Å². The predicted molar refractivity (Wildman–Crippen MR) is 142 cm³/mol. The third kappa shape index (κ3) is 25.0. The molecular weight excluding hydrogens is 434 g/mol. The summed E-state index contributed by atoms with van der Waals surface area (Å²) in [7, 11) is 10.9. The van der Waals surface area contributed by atoms with Crippen LogP contribution in [0.1, 0.15) is 54.4 Å². The van der Waals surface area contributed by atoms with Gasteiger partial charge in [0.15, 0.2) is 8.38 Å². The van der Waals surface area contributed by atoms with E-state index in [2.05, 4.69) is 57.3 Å². The van der Waals surface area contributed by atoms with Gasteiger partial charge in [-0.1, -0.05) is 60.7 Å². The van der Waals surface area contributed by atoms with E-state index < -0.39 is 15.7 Å². The zero-order valence-corrected chi connectivity index (χ0v) is 25.0. The largest absolute Gasteiger partial charge is 0.388 e.